The van der Waals surface area contributed by atoms with Crippen LogP contribution in [0.4, 0.5) is 23.7 Å². The van der Waals surface area contributed by atoms with E-state index in [4.69, 9.17) is 0 Å². The van der Waals surface area contributed by atoms with Crippen LogP contribution in [0.2, 0.25) is 0 Å². The molecule has 0 spiro atoms. The minimum absolute atomic E-state index is 0.00896. The van der Waals surface area contributed by atoms with Crippen LogP contribution in [0.25, 0.3) is 0 Å². The molecule has 2 N–H and O–H groups in total. The van der Waals surface area contributed by atoms with E-state index < -0.39 is 17.8 Å². The number of alkyl halides is 3. The van der Waals surface area contributed by atoms with Crippen LogP contribution in [0.1, 0.15) is 16.7 Å². The lowest BCUT2D eigenvalue weighted by molar-refractivity contribution is -0.137. The third kappa shape index (κ3) is 6.53. The smallest absolute Gasteiger partial charge is 0.334 e. The summed E-state index contributed by atoms with van der Waals surface area (Å²) in [6, 6.07) is 17.5. The molecule has 0 aliphatic rings. The SMILES string of the molecule is O=C(NCc1cccc(C(F)(F)F)c1)Nc1cccc(CSc2ccccn2)c1. The van der Waals surface area contributed by atoms with Crippen LogP contribution in [0, 0.1) is 0 Å². The molecule has 4 nitrogen and oxygen atoms in total. The van der Waals surface area contributed by atoms with Gasteiger partial charge in [-0.1, -0.05) is 30.3 Å². The van der Waals surface area contributed by atoms with E-state index in [0.717, 1.165) is 22.7 Å². The van der Waals surface area contributed by atoms with E-state index in [1.54, 1.807) is 24.0 Å². The van der Waals surface area contributed by atoms with Gasteiger partial charge in [0.25, 0.3) is 0 Å². The molecule has 0 atom stereocenters. The molecule has 0 fully saturated rings. The molecule has 0 radical (unpaired) electrons. The first-order chi connectivity index (χ1) is 13.9. The van der Waals surface area contributed by atoms with Gasteiger partial charge in [0.05, 0.1) is 10.6 Å². The zero-order valence-corrected chi connectivity index (χ0v) is 16.1. The number of halogens is 3. The summed E-state index contributed by atoms with van der Waals surface area (Å²) in [5.74, 6) is 0.693. The van der Waals surface area contributed by atoms with Crippen LogP contribution in [0.5, 0.6) is 0 Å². The Kier molecular flexibility index (Phi) is 6.77. The summed E-state index contributed by atoms with van der Waals surface area (Å²) >= 11 is 1.58. The molecule has 1 heterocycles. The summed E-state index contributed by atoms with van der Waals surface area (Å²) in [7, 11) is 0. The molecule has 0 saturated carbocycles. The van der Waals surface area contributed by atoms with Crippen molar-refractivity contribution in [1.29, 1.82) is 0 Å². The van der Waals surface area contributed by atoms with Crippen molar-refractivity contribution >= 4 is 23.5 Å². The zero-order chi connectivity index (χ0) is 20.7. The topological polar surface area (TPSA) is 54.0 Å². The number of amides is 2. The van der Waals surface area contributed by atoms with Crippen LogP contribution in [0.15, 0.2) is 78.0 Å². The third-order valence-electron chi connectivity index (χ3n) is 3.92. The molecule has 150 valence electrons. The fraction of sp³-hybridized carbons (Fsp3) is 0.143. The highest BCUT2D eigenvalue weighted by Gasteiger charge is 2.30. The Morgan fingerprint density at radius 3 is 2.52 bits per heavy atom. The minimum Gasteiger partial charge on any atom is -0.334 e. The molecule has 0 saturated heterocycles. The lowest BCUT2D eigenvalue weighted by atomic mass is 10.1. The Hall–Kier alpha value is -3.00. The Labute approximate surface area is 170 Å². The average Bonchev–Trinajstić information content (AvgIpc) is 2.71. The number of carbonyl (C=O) groups excluding carboxylic acids is 1. The van der Waals surface area contributed by atoms with Crippen molar-refractivity contribution in [3.8, 4) is 0 Å². The first kappa shape index (κ1) is 20.7. The molecule has 0 unspecified atom stereocenters. The maximum atomic E-state index is 12.8. The van der Waals surface area contributed by atoms with Crippen LogP contribution in [0.3, 0.4) is 0 Å². The predicted molar refractivity (Wildman–Crippen MR) is 108 cm³/mol. The highest BCUT2D eigenvalue weighted by Crippen LogP contribution is 2.29. The Morgan fingerprint density at radius 2 is 1.76 bits per heavy atom. The van der Waals surface area contributed by atoms with Gasteiger partial charge in [0, 0.05) is 24.2 Å². The number of carbonyl (C=O) groups is 1. The van der Waals surface area contributed by atoms with Gasteiger partial charge in [-0.2, -0.15) is 13.2 Å². The lowest BCUT2D eigenvalue weighted by Crippen LogP contribution is -2.28. The van der Waals surface area contributed by atoms with Gasteiger partial charge in [0.2, 0.25) is 0 Å². The first-order valence-corrected chi connectivity index (χ1v) is 9.72. The van der Waals surface area contributed by atoms with Gasteiger partial charge in [-0.25, -0.2) is 9.78 Å². The summed E-state index contributed by atoms with van der Waals surface area (Å²) in [4.78, 5) is 16.4. The number of benzene rings is 2. The summed E-state index contributed by atoms with van der Waals surface area (Å²) in [6.45, 7) is -0.00896. The Morgan fingerprint density at radius 1 is 0.966 bits per heavy atom. The second-order valence-corrected chi connectivity index (χ2v) is 7.16. The number of nitrogens with one attached hydrogen (secondary N) is 2. The summed E-state index contributed by atoms with van der Waals surface area (Å²) in [5, 5.41) is 6.18. The fourth-order valence-corrected chi connectivity index (χ4v) is 3.35. The highest BCUT2D eigenvalue weighted by molar-refractivity contribution is 7.98. The summed E-state index contributed by atoms with van der Waals surface area (Å²) < 4.78 is 38.3. The number of pyridine rings is 1. The summed E-state index contributed by atoms with van der Waals surface area (Å²) in [6.07, 6.45) is -2.68. The third-order valence-corrected chi connectivity index (χ3v) is 4.93. The Balaban J connectivity index is 1.53. The second kappa shape index (κ2) is 9.47. The zero-order valence-electron chi connectivity index (χ0n) is 15.2. The van der Waals surface area contributed by atoms with Gasteiger partial charge in [-0.15, -0.1) is 11.8 Å². The predicted octanol–water partition coefficient (Wildman–Crippen LogP) is 5.71. The highest BCUT2D eigenvalue weighted by atomic mass is 32.2. The van der Waals surface area contributed by atoms with Crippen LogP contribution >= 0.6 is 11.8 Å². The van der Waals surface area contributed by atoms with Gasteiger partial charge in [0.1, 0.15) is 0 Å². The van der Waals surface area contributed by atoms with Gasteiger partial charge in [-0.3, -0.25) is 0 Å². The average molecular weight is 417 g/mol. The van der Waals surface area contributed by atoms with E-state index in [2.05, 4.69) is 15.6 Å². The maximum absolute atomic E-state index is 12.8. The fourth-order valence-electron chi connectivity index (χ4n) is 2.54. The second-order valence-electron chi connectivity index (χ2n) is 6.16. The number of hydrogen-bond donors (Lipinski definition) is 2. The largest absolute Gasteiger partial charge is 0.416 e. The van der Waals surface area contributed by atoms with Gasteiger partial charge < -0.3 is 10.6 Å². The number of nitrogens with zero attached hydrogens (tertiary/aromatic N) is 1. The van der Waals surface area contributed by atoms with Crippen molar-refractivity contribution in [3.63, 3.8) is 0 Å². The number of thioether (sulfide) groups is 1. The van der Waals surface area contributed by atoms with Crippen LogP contribution in [-0.4, -0.2) is 11.0 Å². The molecule has 3 rings (SSSR count). The van der Waals surface area contributed by atoms with Crippen molar-refractivity contribution in [3.05, 3.63) is 89.6 Å². The van der Waals surface area contributed by atoms with Crippen LogP contribution in [-0.2, 0) is 18.5 Å². The molecule has 0 aliphatic heterocycles. The van der Waals surface area contributed by atoms with Gasteiger partial charge >= 0.3 is 12.2 Å². The first-order valence-electron chi connectivity index (χ1n) is 8.74. The quantitative estimate of drug-likeness (QED) is 0.505. The van der Waals surface area contributed by atoms with Crippen LogP contribution < -0.4 is 10.6 Å². The van der Waals surface area contributed by atoms with Crippen molar-refractivity contribution < 1.29 is 18.0 Å². The normalized spacial score (nSPS) is 11.1. The lowest BCUT2D eigenvalue weighted by Gasteiger charge is -2.11. The molecule has 2 amide bonds. The number of anilines is 1. The summed E-state index contributed by atoms with van der Waals surface area (Å²) in [5.41, 5.74) is 1.24. The number of hydrogen-bond acceptors (Lipinski definition) is 3. The molecular weight excluding hydrogens is 399 g/mol. The van der Waals surface area contributed by atoms with E-state index in [1.807, 2.05) is 36.4 Å². The molecule has 0 aliphatic carbocycles. The van der Waals surface area contributed by atoms with Crippen molar-refractivity contribution in [2.75, 3.05) is 5.32 Å². The molecule has 3 aromatic rings. The Bertz CT molecular complexity index is 965. The number of rotatable bonds is 6. The number of aromatic nitrogens is 1. The number of urea groups is 1. The van der Waals surface area contributed by atoms with Gasteiger partial charge in [-0.05, 0) is 47.5 Å². The molecule has 8 heteroatoms. The molecule has 0 bridgehead atoms. The minimum atomic E-state index is -4.41. The molecule has 29 heavy (non-hydrogen) atoms. The molecular formula is C21H18F3N3OS. The monoisotopic (exact) mass is 417 g/mol. The molecule has 1 aromatic heterocycles. The maximum Gasteiger partial charge on any atom is 0.416 e. The van der Waals surface area contributed by atoms with E-state index >= 15 is 0 Å². The van der Waals surface area contributed by atoms with Gasteiger partial charge in [0.15, 0.2) is 0 Å². The molecule has 2 aromatic carbocycles. The van der Waals surface area contributed by atoms with E-state index in [9.17, 15) is 18.0 Å². The van der Waals surface area contributed by atoms with E-state index in [0.29, 0.717) is 17.0 Å². The standard InChI is InChI=1S/C21H18F3N3OS/c22-21(23,24)17-7-3-5-15(11-17)13-26-20(28)27-18-8-4-6-16(12-18)14-29-19-9-1-2-10-25-19/h1-12H,13-14H2,(H2,26,27,28). The van der Waals surface area contributed by atoms with Crippen molar-refractivity contribution in [2.24, 2.45) is 0 Å². The van der Waals surface area contributed by atoms with E-state index in [-0.39, 0.29) is 6.54 Å². The van der Waals surface area contributed by atoms with E-state index in [1.165, 1.54) is 12.1 Å². The van der Waals surface area contributed by atoms with Crippen molar-refractivity contribution in [1.82, 2.24) is 10.3 Å². The van der Waals surface area contributed by atoms with Crippen molar-refractivity contribution in [2.45, 2.75) is 23.5 Å².